The van der Waals surface area contributed by atoms with Gasteiger partial charge in [0, 0.05) is 30.5 Å². The van der Waals surface area contributed by atoms with Crippen molar-refractivity contribution in [1.29, 1.82) is 0 Å². The molecule has 4 atom stereocenters. The number of ether oxygens (including phenoxy) is 2. The number of ketones is 1. The van der Waals surface area contributed by atoms with Crippen LogP contribution in [0.25, 0.3) is 0 Å². The van der Waals surface area contributed by atoms with Crippen LogP contribution in [-0.2, 0) is 58.0 Å². The van der Waals surface area contributed by atoms with Gasteiger partial charge in [0.1, 0.15) is 23.4 Å². The molecule has 0 bridgehead atoms. The van der Waals surface area contributed by atoms with Crippen molar-refractivity contribution in [2.24, 2.45) is 10.7 Å². The van der Waals surface area contributed by atoms with Crippen molar-refractivity contribution in [1.82, 2.24) is 26.0 Å². The Hall–Kier alpha value is -5.81. The summed E-state index contributed by atoms with van der Waals surface area (Å²) in [4.78, 5) is 73.6. The molecule has 3 aromatic rings. The molecule has 1 aliphatic heterocycles. The van der Waals surface area contributed by atoms with Crippen molar-refractivity contribution in [2.75, 3.05) is 6.54 Å². The van der Waals surface area contributed by atoms with Crippen LogP contribution in [0.3, 0.4) is 0 Å². The first-order valence-corrected chi connectivity index (χ1v) is 24.9. The highest BCUT2D eigenvalue weighted by atomic mass is 32.2. The van der Waals surface area contributed by atoms with Gasteiger partial charge in [-0.15, -0.1) is 0 Å². The fraction of sp³-hybridized carbons (Fsp3) is 0.529. The third-order valence-corrected chi connectivity index (χ3v) is 13.9. The van der Waals surface area contributed by atoms with Crippen molar-refractivity contribution in [3.63, 3.8) is 0 Å². The van der Waals surface area contributed by atoms with E-state index in [1.54, 1.807) is 41.5 Å². The lowest BCUT2D eigenvalue weighted by Crippen LogP contribution is -2.61. The monoisotopic (exact) mass is 958 g/mol. The van der Waals surface area contributed by atoms with E-state index in [0.717, 1.165) is 22.3 Å². The van der Waals surface area contributed by atoms with Crippen molar-refractivity contribution in [2.45, 2.75) is 173 Å². The van der Waals surface area contributed by atoms with Crippen LogP contribution in [0.4, 0.5) is 0 Å². The summed E-state index contributed by atoms with van der Waals surface area (Å²) in [5, 5.41) is 11.2. The van der Waals surface area contributed by atoms with Crippen LogP contribution in [-0.4, -0.2) is 91.3 Å². The Morgan fingerprint density at radius 2 is 1.41 bits per heavy atom. The van der Waals surface area contributed by atoms with Crippen LogP contribution in [0, 0.1) is 20.8 Å². The molecule has 0 aromatic heterocycles. The zero-order valence-corrected chi connectivity index (χ0v) is 42.1. The number of guanidine groups is 1. The molecule has 68 heavy (non-hydrogen) atoms. The predicted molar refractivity (Wildman–Crippen MR) is 262 cm³/mol. The number of Topliss-reactive ketones (excluding diaryl/α,β-unsaturated/α-hetero) is 1. The van der Waals surface area contributed by atoms with Gasteiger partial charge in [-0.25, -0.2) is 13.1 Å². The molecule has 1 saturated carbocycles. The highest BCUT2D eigenvalue weighted by Gasteiger charge is 2.42. The number of nitrogens with zero attached hydrogens (tertiary/aromatic N) is 1. The van der Waals surface area contributed by atoms with Gasteiger partial charge in [0.2, 0.25) is 29.5 Å². The molecule has 0 radical (unpaired) electrons. The molecule has 0 spiro atoms. The zero-order valence-electron chi connectivity index (χ0n) is 41.3. The van der Waals surface area contributed by atoms with Gasteiger partial charge in [-0.05, 0) is 142 Å². The van der Waals surface area contributed by atoms with Crippen LogP contribution >= 0.6 is 0 Å². The lowest BCUT2D eigenvalue weighted by atomic mass is 9.94. The van der Waals surface area contributed by atoms with E-state index in [0.29, 0.717) is 49.0 Å². The van der Waals surface area contributed by atoms with Gasteiger partial charge in [0.05, 0.1) is 22.6 Å². The fourth-order valence-corrected chi connectivity index (χ4v) is 9.89. The van der Waals surface area contributed by atoms with Gasteiger partial charge in [-0.2, -0.15) is 0 Å². The van der Waals surface area contributed by atoms with Gasteiger partial charge in [0.25, 0.3) is 15.9 Å². The van der Waals surface area contributed by atoms with E-state index >= 15 is 0 Å². The first-order chi connectivity index (χ1) is 31.8. The summed E-state index contributed by atoms with van der Waals surface area (Å²) in [5.41, 5.74) is 8.89. The Balaban J connectivity index is 1.33. The summed E-state index contributed by atoms with van der Waals surface area (Å²) in [6, 6.07) is 15.2. The van der Waals surface area contributed by atoms with E-state index in [1.807, 2.05) is 88.4 Å². The molecule has 3 aromatic carbocycles. The maximum absolute atomic E-state index is 14.4. The number of benzene rings is 3. The number of hydrogen-bond donors (Lipinski definition) is 6. The predicted octanol–water partition coefficient (Wildman–Crippen LogP) is 4.86. The number of aryl methyl sites for hydroxylation is 2. The summed E-state index contributed by atoms with van der Waals surface area (Å²) < 4.78 is 42.3. The van der Waals surface area contributed by atoms with Crippen molar-refractivity contribution < 1.29 is 41.9 Å². The molecule has 0 saturated heterocycles. The third kappa shape index (κ3) is 14.8. The molecular formula is C51H71N7O9S. The quantitative estimate of drug-likeness (QED) is 0.0346. The number of nitrogens with two attached hydrogens (primary N) is 1. The minimum atomic E-state index is -4.19. The maximum Gasteiger partial charge on any atom is 0.290 e. The molecule has 1 aliphatic carbocycles. The highest BCUT2D eigenvalue weighted by molar-refractivity contribution is 7.90. The Morgan fingerprint density at radius 1 is 0.809 bits per heavy atom. The average molecular weight is 958 g/mol. The minimum absolute atomic E-state index is 0.0761. The Bertz CT molecular complexity index is 2470. The number of hydrogen-bond acceptors (Lipinski definition) is 10. The number of carbonyl (C=O) groups excluding carboxylic acids is 5. The van der Waals surface area contributed by atoms with Crippen LogP contribution in [0.5, 0.6) is 5.75 Å². The standard InChI is InChI=1S/C51H71N7O9S/c1-31-32(2)44(33(3)37-30-50(8,9)67-43(31)37)68(64,65)58-48(52)53-29-17-22-38(42(60)47(63)57-51(10)27-28-51)55-46(62)41(34(4)66-49(5,6)7)56-45(61)39(25-23-35-18-13-11-14-19-35)54-40(59)26-24-36-20-15-12-16-21-36/h11-16,18-21,34,38-39,41H,17,22-30H2,1-10H3,(H,54,59)(H,55,62)(H,56,61)(H,57,63)(H3,52,53,58)/t34-,38+,39+,41+/m1/s1. The summed E-state index contributed by atoms with van der Waals surface area (Å²) in [6.07, 6.45) is 2.21. The number of sulfonamides is 1. The summed E-state index contributed by atoms with van der Waals surface area (Å²) in [7, 11) is -4.19. The molecule has 5 rings (SSSR count). The number of nitrogens with one attached hydrogen (secondary N) is 5. The van der Waals surface area contributed by atoms with Crippen LogP contribution in [0.1, 0.15) is 120 Å². The third-order valence-electron chi connectivity index (χ3n) is 12.3. The van der Waals surface area contributed by atoms with E-state index in [-0.39, 0.29) is 49.0 Å². The minimum Gasteiger partial charge on any atom is -0.487 e. The number of carbonyl (C=O) groups is 5. The van der Waals surface area contributed by atoms with Gasteiger partial charge < -0.3 is 36.5 Å². The summed E-state index contributed by atoms with van der Waals surface area (Å²) in [5.74, 6) is -3.25. The Morgan fingerprint density at radius 3 is 2.00 bits per heavy atom. The van der Waals surface area contributed by atoms with E-state index in [4.69, 9.17) is 15.2 Å². The SMILES string of the molecule is Cc1c(C)c(S(=O)(=O)NC(N)=NCCC[C@H](NC(=O)[C@@H](NC(=O)[C@H](CCc2ccccc2)NC(=O)CCc2ccccc2)[C@@H](C)OC(C)(C)C)C(=O)C(=O)NC2(C)CC2)c(C)c2c1OC(C)(C)C2. The van der Waals surface area contributed by atoms with Gasteiger partial charge in [0.15, 0.2) is 0 Å². The van der Waals surface area contributed by atoms with Gasteiger partial charge in [-0.1, -0.05) is 60.7 Å². The number of rotatable bonds is 22. The van der Waals surface area contributed by atoms with Crippen LogP contribution in [0.2, 0.25) is 0 Å². The molecule has 0 unspecified atom stereocenters. The lowest BCUT2D eigenvalue weighted by Gasteiger charge is -2.32. The van der Waals surface area contributed by atoms with Crippen LogP contribution in [0.15, 0.2) is 70.6 Å². The zero-order chi connectivity index (χ0) is 50.2. The first-order valence-electron chi connectivity index (χ1n) is 23.4. The second-order valence-corrected chi connectivity index (χ2v) is 21.7. The molecule has 17 heteroatoms. The molecule has 7 N–H and O–H groups in total. The molecule has 4 amide bonds. The molecule has 2 aliphatic rings. The Labute approximate surface area is 401 Å². The fourth-order valence-electron chi connectivity index (χ4n) is 8.37. The van der Waals surface area contributed by atoms with Crippen LogP contribution < -0.4 is 36.5 Å². The number of aliphatic imine (C=N–C) groups is 1. The second kappa shape index (κ2) is 22.1. The van der Waals surface area contributed by atoms with E-state index < -0.39 is 74.5 Å². The van der Waals surface area contributed by atoms with E-state index in [2.05, 4.69) is 31.0 Å². The molecule has 16 nitrogen and oxygen atoms in total. The molecule has 1 heterocycles. The van der Waals surface area contributed by atoms with Gasteiger partial charge in [-0.3, -0.25) is 29.0 Å². The van der Waals surface area contributed by atoms with Crippen molar-refractivity contribution in [3.8, 4) is 5.75 Å². The highest BCUT2D eigenvalue weighted by Crippen LogP contribution is 2.43. The summed E-state index contributed by atoms with van der Waals surface area (Å²) in [6.45, 7) is 17.9. The van der Waals surface area contributed by atoms with Crippen molar-refractivity contribution >= 4 is 45.4 Å². The topological polar surface area (TPSA) is 236 Å². The number of amides is 4. The normalized spacial score (nSPS) is 16.8. The van der Waals surface area contributed by atoms with E-state index in [1.165, 1.54) is 0 Å². The molecule has 1 fully saturated rings. The molecular weight excluding hydrogens is 887 g/mol. The van der Waals surface area contributed by atoms with Gasteiger partial charge >= 0.3 is 0 Å². The number of fused-ring (bicyclic) bond motifs is 1. The average Bonchev–Trinajstić information content (AvgIpc) is 3.89. The summed E-state index contributed by atoms with van der Waals surface area (Å²) >= 11 is 0. The Kier molecular flexibility index (Phi) is 17.3. The smallest absolute Gasteiger partial charge is 0.290 e. The largest absolute Gasteiger partial charge is 0.487 e. The van der Waals surface area contributed by atoms with E-state index in [9.17, 15) is 32.4 Å². The maximum atomic E-state index is 14.4. The molecule has 370 valence electrons. The second-order valence-electron chi connectivity index (χ2n) is 20.1. The lowest BCUT2D eigenvalue weighted by molar-refractivity contribution is -0.143. The van der Waals surface area contributed by atoms with Crippen molar-refractivity contribution in [3.05, 3.63) is 94.0 Å². The first kappa shape index (κ1) is 53.1.